The van der Waals surface area contributed by atoms with E-state index >= 15 is 0 Å². The third-order valence-electron chi connectivity index (χ3n) is 2.86. The first-order valence-electron chi connectivity index (χ1n) is 6.72. The lowest BCUT2D eigenvalue weighted by molar-refractivity contribution is 0.0882. The Morgan fingerprint density at radius 3 is 2.37 bits per heavy atom. The van der Waals surface area contributed by atoms with Gasteiger partial charge >= 0.3 is 0 Å². The summed E-state index contributed by atoms with van der Waals surface area (Å²) in [7, 11) is 0. The molecule has 1 heterocycles. The molecule has 0 radical (unpaired) electrons. The molecule has 0 atom stereocenters. The molecule has 0 aliphatic heterocycles. The van der Waals surface area contributed by atoms with Crippen molar-refractivity contribution in [3.8, 4) is 0 Å². The second-order valence-corrected chi connectivity index (χ2v) is 7.82. The minimum Gasteiger partial charge on any atom is -0.346 e. The fraction of sp³-hybridized carbons (Fsp3) is 0.667. The van der Waals surface area contributed by atoms with Gasteiger partial charge in [-0.3, -0.25) is 4.79 Å². The Balaban J connectivity index is 2.84. The maximum atomic E-state index is 12.4. The van der Waals surface area contributed by atoms with Crippen LogP contribution in [0.3, 0.4) is 0 Å². The lowest BCUT2D eigenvalue weighted by atomic mass is 9.82. The van der Waals surface area contributed by atoms with Gasteiger partial charge in [0.1, 0.15) is 5.69 Å². The predicted octanol–water partition coefficient (Wildman–Crippen LogP) is 4.22. The van der Waals surface area contributed by atoms with Gasteiger partial charge in [-0.15, -0.1) is 0 Å². The standard InChI is InChI=1S/C15H25BrN2O/c1-7-18-9-11(16)8-12(18)13(19)17-15(5,6)10-14(2,3)4/h8-9H,7,10H2,1-6H3,(H,17,19). The lowest BCUT2D eigenvalue weighted by Gasteiger charge is -2.33. The molecule has 1 N–H and O–H groups in total. The molecular weight excluding hydrogens is 304 g/mol. The van der Waals surface area contributed by atoms with Crippen molar-refractivity contribution in [1.29, 1.82) is 0 Å². The van der Waals surface area contributed by atoms with E-state index in [1.165, 1.54) is 0 Å². The molecule has 0 aromatic carbocycles. The average molecular weight is 329 g/mol. The molecule has 0 aliphatic rings. The molecule has 0 unspecified atom stereocenters. The summed E-state index contributed by atoms with van der Waals surface area (Å²) in [4.78, 5) is 12.4. The number of amides is 1. The Labute approximate surface area is 124 Å². The number of carbonyl (C=O) groups is 1. The predicted molar refractivity (Wildman–Crippen MR) is 83.4 cm³/mol. The number of halogens is 1. The van der Waals surface area contributed by atoms with E-state index in [1.54, 1.807) is 0 Å². The number of hydrogen-bond acceptors (Lipinski definition) is 1. The van der Waals surface area contributed by atoms with Crippen molar-refractivity contribution in [3.05, 3.63) is 22.4 Å². The number of nitrogens with one attached hydrogen (secondary N) is 1. The van der Waals surface area contributed by atoms with Crippen LogP contribution >= 0.6 is 15.9 Å². The molecule has 0 saturated carbocycles. The highest BCUT2D eigenvalue weighted by atomic mass is 79.9. The number of nitrogens with zero attached hydrogens (tertiary/aromatic N) is 1. The second kappa shape index (κ2) is 5.70. The van der Waals surface area contributed by atoms with Gasteiger partial charge in [0, 0.05) is 22.8 Å². The van der Waals surface area contributed by atoms with Gasteiger partial charge in [0.25, 0.3) is 5.91 Å². The Kier molecular flexibility index (Phi) is 4.88. The molecule has 0 spiro atoms. The molecule has 0 fully saturated rings. The van der Waals surface area contributed by atoms with Crippen LogP contribution in [0.2, 0.25) is 0 Å². The van der Waals surface area contributed by atoms with Crippen LogP contribution in [0.5, 0.6) is 0 Å². The topological polar surface area (TPSA) is 34.0 Å². The second-order valence-electron chi connectivity index (χ2n) is 6.91. The summed E-state index contributed by atoms with van der Waals surface area (Å²) in [5.41, 5.74) is 0.672. The van der Waals surface area contributed by atoms with E-state index < -0.39 is 0 Å². The van der Waals surface area contributed by atoms with Crippen molar-refractivity contribution < 1.29 is 4.79 Å². The number of hydrogen-bond donors (Lipinski definition) is 1. The van der Waals surface area contributed by atoms with Gasteiger partial charge in [-0.1, -0.05) is 20.8 Å². The number of aromatic nitrogens is 1. The molecule has 4 heteroatoms. The van der Waals surface area contributed by atoms with Gasteiger partial charge < -0.3 is 9.88 Å². The number of aryl methyl sites for hydroxylation is 1. The van der Waals surface area contributed by atoms with Crippen molar-refractivity contribution in [2.24, 2.45) is 5.41 Å². The molecule has 1 aromatic heterocycles. The monoisotopic (exact) mass is 328 g/mol. The van der Waals surface area contributed by atoms with Crippen LogP contribution in [0.4, 0.5) is 0 Å². The van der Waals surface area contributed by atoms with Crippen LogP contribution in [0.1, 0.15) is 58.5 Å². The maximum Gasteiger partial charge on any atom is 0.268 e. The van der Waals surface area contributed by atoms with Crippen LogP contribution in [0.25, 0.3) is 0 Å². The van der Waals surface area contributed by atoms with E-state index in [0.29, 0.717) is 5.69 Å². The van der Waals surface area contributed by atoms with E-state index in [4.69, 9.17) is 0 Å². The fourth-order valence-electron chi connectivity index (χ4n) is 2.67. The summed E-state index contributed by atoms with van der Waals surface area (Å²) in [6.07, 6.45) is 2.87. The number of rotatable bonds is 4. The SMILES string of the molecule is CCn1cc(Br)cc1C(=O)NC(C)(C)CC(C)(C)C. The average Bonchev–Trinajstić information content (AvgIpc) is 2.54. The van der Waals surface area contributed by atoms with Gasteiger partial charge in [0.15, 0.2) is 0 Å². The smallest absolute Gasteiger partial charge is 0.268 e. The van der Waals surface area contributed by atoms with E-state index in [9.17, 15) is 4.79 Å². The van der Waals surface area contributed by atoms with E-state index in [0.717, 1.165) is 17.4 Å². The Hall–Kier alpha value is -0.770. The fourth-order valence-corrected chi connectivity index (χ4v) is 3.13. The van der Waals surface area contributed by atoms with Crippen molar-refractivity contribution in [1.82, 2.24) is 9.88 Å². The van der Waals surface area contributed by atoms with Crippen LogP contribution in [-0.4, -0.2) is 16.0 Å². The van der Waals surface area contributed by atoms with Crippen LogP contribution in [0, 0.1) is 5.41 Å². The van der Waals surface area contributed by atoms with Gasteiger partial charge in [-0.25, -0.2) is 0 Å². The molecule has 1 aromatic rings. The zero-order chi connectivity index (χ0) is 14.8. The molecule has 0 saturated heterocycles. The summed E-state index contributed by atoms with van der Waals surface area (Å²) in [5.74, 6) is -0.0122. The molecule has 1 rings (SSSR count). The van der Waals surface area contributed by atoms with Gasteiger partial charge in [-0.2, -0.15) is 0 Å². The van der Waals surface area contributed by atoms with Crippen LogP contribution < -0.4 is 5.32 Å². The molecule has 3 nitrogen and oxygen atoms in total. The van der Waals surface area contributed by atoms with E-state index in [1.807, 2.05) is 23.8 Å². The highest BCUT2D eigenvalue weighted by molar-refractivity contribution is 9.10. The summed E-state index contributed by atoms with van der Waals surface area (Å²) >= 11 is 3.42. The highest BCUT2D eigenvalue weighted by Gasteiger charge is 2.28. The number of carbonyl (C=O) groups excluding carboxylic acids is 1. The van der Waals surface area contributed by atoms with Gasteiger partial charge in [-0.05, 0) is 54.6 Å². The molecule has 19 heavy (non-hydrogen) atoms. The first kappa shape index (κ1) is 16.3. The molecule has 0 bridgehead atoms. The van der Waals surface area contributed by atoms with Crippen molar-refractivity contribution >= 4 is 21.8 Å². The van der Waals surface area contributed by atoms with Crippen molar-refractivity contribution in [3.63, 3.8) is 0 Å². The Morgan fingerprint density at radius 1 is 1.32 bits per heavy atom. The zero-order valence-corrected chi connectivity index (χ0v) is 14.4. The minimum atomic E-state index is -0.218. The van der Waals surface area contributed by atoms with Crippen LogP contribution in [-0.2, 0) is 6.54 Å². The molecule has 1 amide bonds. The Bertz CT molecular complexity index is 455. The summed E-state index contributed by atoms with van der Waals surface area (Å²) < 4.78 is 2.89. The quantitative estimate of drug-likeness (QED) is 0.882. The first-order chi connectivity index (χ1) is 8.54. The first-order valence-corrected chi connectivity index (χ1v) is 7.51. The largest absolute Gasteiger partial charge is 0.346 e. The molecule has 108 valence electrons. The third-order valence-corrected chi connectivity index (χ3v) is 3.29. The van der Waals surface area contributed by atoms with Gasteiger partial charge in [0.05, 0.1) is 0 Å². The minimum absolute atomic E-state index is 0.0122. The lowest BCUT2D eigenvalue weighted by Crippen LogP contribution is -2.46. The molecule has 0 aliphatic carbocycles. The van der Waals surface area contributed by atoms with E-state index in [2.05, 4.69) is 55.9 Å². The third kappa shape index (κ3) is 5.01. The molecular formula is C15H25BrN2O. The van der Waals surface area contributed by atoms with Gasteiger partial charge in [0.2, 0.25) is 0 Å². The Morgan fingerprint density at radius 2 is 1.89 bits per heavy atom. The summed E-state index contributed by atoms with van der Waals surface area (Å²) in [6, 6.07) is 1.87. The maximum absolute atomic E-state index is 12.4. The van der Waals surface area contributed by atoms with Crippen molar-refractivity contribution in [2.75, 3.05) is 0 Å². The summed E-state index contributed by atoms with van der Waals surface area (Å²) in [5, 5.41) is 3.14. The van der Waals surface area contributed by atoms with Crippen LogP contribution in [0.15, 0.2) is 16.7 Å². The normalized spacial score (nSPS) is 12.6. The van der Waals surface area contributed by atoms with Crippen molar-refractivity contribution in [2.45, 2.75) is 60.0 Å². The zero-order valence-electron chi connectivity index (χ0n) is 12.8. The summed E-state index contributed by atoms with van der Waals surface area (Å²) in [6.45, 7) is 13.5. The van der Waals surface area contributed by atoms with E-state index in [-0.39, 0.29) is 16.9 Å². The highest BCUT2D eigenvalue weighted by Crippen LogP contribution is 2.27.